The summed E-state index contributed by atoms with van der Waals surface area (Å²) in [5.74, 6) is 0.211. The number of nitrogens with zero attached hydrogens (tertiary/aromatic N) is 2. The third-order valence-electron chi connectivity index (χ3n) is 5.51. The molecule has 3 aromatic carbocycles. The van der Waals surface area contributed by atoms with Crippen LogP contribution in [-0.4, -0.2) is 27.0 Å². The zero-order valence-electron chi connectivity index (χ0n) is 17.7. The van der Waals surface area contributed by atoms with Crippen molar-refractivity contribution in [1.82, 2.24) is 15.2 Å². The van der Waals surface area contributed by atoms with Crippen LogP contribution in [0.3, 0.4) is 0 Å². The summed E-state index contributed by atoms with van der Waals surface area (Å²) in [6, 6.07) is 22.0. The van der Waals surface area contributed by atoms with Gasteiger partial charge in [0.05, 0.1) is 10.2 Å². The number of anilines is 2. The number of carbonyl (C=O) groups is 2. The fourth-order valence-corrected chi connectivity index (χ4v) is 4.71. The van der Waals surface area contributed by atoms with Crippen molar-refractivity contribution >= 4 is 44.2 Å². The van der Waals surface area contributed by atoms with E-state index in [1.807, 2.05) is 48.5 Å². The first kappa shape index (κ1) is 20.1. The van der Waals surface area contributed by atoms with E-state index >= 15 is 0 Å². The summed E-state index contributed by atoms with van der Waals surface area (Å²) in [6.45, 7) is 0.265. The highest BCUT2D eigenvalue weighted by atomic mass is 32.1. The van der Waals surface area contributed by atoms with Gasteiger partial charge in [0.1, 0.15) is 23.7 Å². The predicted molar refractivity (Wildman–Crippen MR) is 130 cm³/mol. The van der Waals surface area contributed by atoms with Crippen LogP contribution in [0.1, 0.15) is 26.4 Å². The van der Waals surface area contributed by atoms with Crippen LogP contribution in [0.25, 0.3) is 21.5 Å². The molecule has 0 spiro atoms. The number of hydrogen-bond acceptors (Lipinski definition) is 6. The average Bonchev–Trinajstić information content (AvgIpc) is 3.48. The Morgan fingerprint density at radius 2 is 1.76 bits per heavy atom. The number of aromatic nitrogens is 3. The number of thiazole rings is 1. The molecular weight excluding hydrogens is 450 g/mol. The molecule has 1 aliphatic heterocycles. The molecule has 3 N–H and O–H groups in total. The van der Waals surface area contributed by atoms with Crippen molar-refractivity contribution < 1.29 is 14.3 Å². The molecule has 2 aromatic heterocycles. The molecule has 5 aromatic rings. The smallest absolute Gasteiger partial charge is 0.274 e. The monoisotopic (exact) mass is 467 g/mol. The molecule has 2 amide bonds. The van der Waals surface area contributed by atoms with Gasteiger partial charge in [-0.25, -0.2) is 4.98 Å². The Hall–Kier alpha value is -4.50. The summed E-state index contributed by atoms with van der Waals surface area (Å²) in [6.07, 6.45) is 0. The quantitative estimate of drug-likeness (QED) is 0.341. The molecule has 34 heavy (non-hydrogen) atoms. The Labute approximate surface area is 197 Å². The second-order valence-electron chi connectivity index (χ2n) is 7.69. The number of para-hydroxylation sites is 1. The third kappa shape index (κ3) is 3.57. The van der Waals surface area contributed by atoms with Crippen LogP contribution in [0.2, 0.25) is 0 Å². The molecule has 166 valence electrons. The number of hydrogen-bond donors (Lipinski definition) is 3. The number of ether oxygens (including phenoxy) is 1. The molecule has 0 saturated heterocycles. The minimum Gasteiger partial charge on any atom is -0.488 e. The molecule has 0 saturated carbocycles. The van der Waals surface area contributed by atoms with Gasteiger partial charge in [0.25, 0.3) is 11.8 Å². The normalized spacial score (nSPS) is 11.9. The summed E-state index contributed by atoms with van der Waals surface area (Å²) < 4.78 is 6.68. The van der Waals surface area contributed by atoms with E-state index < -0.39 is 0 Å². The van der Waals surface area contributed by atoms with Gasteiger partial charge in [-0.1, -0.05) is 41.7 Å². The van der Waals surface area contributed by atoms with Crippen LogP contribution < -0.4 is 15.4 Å². The van der Waals surface area contributed by atoms with Crippen LogP contribution in [0.5, 0.6) is 5.75 Å². The van der Waals surface area contributed by atoms with Gasteiger partial charge in [-0.3, -0.25) is 20.0 Å². The van der Waals surface area contributed by atoms with Crippen LogP contribution in [0.15, 0.2) is 72.8 Å². The first-order chi connectivity index (χ1) is 16.7. The minimum absolute atomic E-state index is 0.221. The SMILES string of the molecule is O=C(Nc1nc2cc(NC(=O)c3[nH]nc4c3COc3ccccc3-4)ccc2s1)c1ccccc1. The zero-order valence-corrected chi connectivity index (χ0v) is 18.5. The van der Waals surface area contributed by atoms with Crippen molar-refractivity contribution in [2.24, 2.45) is 0 Å². The van der Waals surface area contributed by atoms with Gasteiger partial charge in [0.15, 0.2) is 5.13 Å². The minimum atomic E-state index is -0.316. The van der Waals surface area contributed by atoms with E-state index in [2.05, 4.69) is 25.8 Å². The molecule has 6 rings (SSSR count). The lowest BCUT2D eigenvalue weighted by Gasteiger charge is -2.17. The van der Waals surface area contributed by atoms with E-state index in [4.69, 9.17) is 4.74 Å². The maximum Gasteiger partial charge on any atom is 0.274 e. The summed E-state index contributed by atoms with van der Waals surface area (Å²) >= 11 is 1.37. The van der Waals surface area contributed by atoms with Gasteiger partial charge in [-0.05, 0) is 42.5 Å². The van der Waals surface area contributed by atoms with Gasteiger partial charge < -0.3 is 10.1 Å². The first-order valence-electron chi connectivity index (χ1n) is 10.5. The molecule has 0 unspecified atom stereocenters. The van der Waals surface area contributed by atoms with Gasteiger partial charge >= 0.3 is 0 Å². The molecule has 0 bridgehead atoms. The number of amides is 2. The van der Waals surface area contributed by atoms with E-state index in [1.165, 1.54) is 11.3 Å². The summed E-state index contributed by atoms with van der Waals surface area (Å²) in [5.41, 5.74) is 4.48. The standard InChI is InChI=1S/C25H17N5O3S/c31-23(14-6-2-1-3-7-14)28-25-27-18-12-15(10-11-20(18)34-25)26-24(32)22-17-13-33-19-9-5-4-8-16(19)21(17)29-30-22/h1-12H,13H2,(H,26,32)(H,29,30)(H,27,28,31). The van der Waals surface area contributed by atoms with Crippen LogP contribution >= 0.6 is 11.3 Å². The van der Waals surface area contributed by atoms with Crippen molar-refractivity contribution in [1.29, 1.82) is 0 Å². The van der Waals surface area contributed by atoms with E-state index in [0.717, 1.165) is 27.3 Å². The second-order valence-corrected chi connectivity index (χ2v) is 8.72. The van der Waals surface area contributed by atoms with Gasteiger partial charge in [0.2, 0.25) is 0 Å². The van der Waals surface area contributed by atoms with E-state index in [1.54, 1.807) is 24.3 Å². The topological polar surface area (TPSA) is 109 Å². The lowest BCUT2D eigenvalue weighted by atomic mass is 10.0. The highest BCUT2D eigenvalue weighted by Crippen LogP contribution is 2.37. The van der Waals surface area contributed by atoms with Crippen molar-refractivity contribution in [2.45, 2.75) is 6.61 Å². The van der Waals surface area contributed by atoms with Crippen molar-refractivity contribution in [2.75, 3.05) is 10.6 Å². The van der Waals surface area contributed by atoms with Crippen LogP contribution in [0.4, 0.5) is 10.8 Å². The molecule has 9 heteroatoms. The van der Waals surface area contributed by atoms with Crippen molar-refractivity contribution in [3.63, 3.8) is 0 Å². The highest BCUT2D eigenvalue weighted by molar-refractivity contribution is 7.22. The molecule has 1 aliphatic rings. The average molecular weight is 468 g/mol. The lowest BCUT2D eigenvalue weighted by molar-refractivity contribution is 0.101. The Balaban J connectivity index is 1.22. The molecule has 0 atom stereocenters. The summed E-state index contributed by atoms with van der Waals surface area (Å²) in [7, 11) is 0. The third-order valence-corrected chi connectivity index (χ3v) is 6.46. The first-order valence-corrected chi connectivity index (χ1v) is 11.3. The lowest BCUT2D eigenvalue weighted by Crippen LogP contribution is -2.16. The van der Waals surface area contributed by atoms with Gasteiger partial charge in [0, 0.05) is 22.4 Å². The largest absolute Gasteiger partial charge is 0.488 e. The van der Waals surface area contributed by atoms with Gasteiger partial charge in [-0.15, -0.1) is 0 Å². The number of fused-ring (bicyclic) bond motifs is 4. The maximum absolute atomic E-state index is 13.0. The van der Waals surface area contributed by atoms with Crippen LogP contribution in [0, 0.1) is 0 Å². The Bertz CT molecular complexity index is 1560. The maximum atomic E-state index is 13.0. The predicted octanol–water partition coefficient (Wildman–Crippen LogP) is 5.08. The number of nitrogens with one attached hydrogen (secondary N) is 3. The van der Waals surface area contributed by atoms with Gasteiger partial charge in [-0.2, -0.15) is 5.10 Å². The van der Waals surface area contributed by atoms with Crippen LogP contribution in [-0.2, 0) is 6.61 Å². The number of benzene rings is 3. The molecular formula is C25H17N5O3S. The summed E-state index contributed by atoms with van der Waals surface area (Å²) in [5, 5.41) is 13.4. The van der Waals surface area contributed by atoms with E-state index in [-0.39, 0.29) is 18.4 Å². The fraction of sp³-hybridized carbons (Fsp3) is 0.0400. The zero-order chi connectivity index (χ0) is 23.1. The number of rotatable bonds is 4. The van der Waals surface area contributed by atoms with E-state index in [0.29, 0.717) is 27.6 Å². The number of H-pyrrole nitrogens is 1. The highest BCUT2D eigenvalue weighted by Gasteiger charge is 2.26. The molecule has 0 fully saturated rings. The fourth-order valence-electron chi connectivity index (χ4n) is 3.87. The molecule has 8 nitrogen and oxygen atoms in total. The Morgan fingerprint density at radius 1 is 0.941 bits per heavy atom. The number of aromatic amines is 1. The Kier molecular flexibility index (Phi) is 4.81. The Morgan fingerprint density at radius 3 is 2.65 bits per heavy atom. The van der Waals surface area contributed by atoms with Crippen molar-refractivity contribution in [3.8, 4) is 17.0 Å². The molecule has 3 heterocycles. The van der Waals surface area contributed by atoms with Crippen molar-refractivity contribution in [3.05, 3.63) is 89.6 Å². The number of carbonyl (C=O) groups excluding carboxylic acids is 2. The molecule has 0 radical (unpaired) electrons. The molecule has 0 aliphatic carbocycles. The second kappa shape index (κ2) is 8.13. The summed E-state index contributed by atoms with van der Waals surface area (Å²) in [4.78, 5) is 29.9. The van der Waals surface area contributed by atoms with E-state index in [9.17, 15) is 9.59 Å².